The summed E-state index contributed by atoms with van der Waals surface area (Å²) in [4.78, 5) is 26.5. The third kappa shape index (κ3) is 5.97. The normalized spacial score (nSPS) is 16.7. The van der Waals surface area contributed by atoms with Crippen molar-refractivity contribution in [3.8, 4) is 0 Å². The highest BCUT2D eigenvalue weighted by atomic mass is 35.5. The van der Waals surface area contributed by atoms with E-state index in [2.05, 4.69) is 24.5 Å². The van der Waals surface area contributed by atoms with Gasteiger partial charge in [-0.05, 0) is 30.0 Å². The summed E-state index contributed by atoms with van der Waals surface area (Å²) in [6.07, 6.45) is 0.563. The molecule has 1 aromatic rings. The average molecular weight is 384 g/mol. The third-order valence-corrected chi connectivity index (χ3v) is 4.48. The Morgan fingerprint density at radius 3 is 2.54 bits per heavy atom. The van der Waals surface area contributed by atoms with Crippen LogP contribution in [0.4, 0.5) is 5.69 Å². The summed E-state index contributed by atoms with van der Waals surface area (Å²) >= 11 is 0. The SMILES string of the molecule is COCCNCCNC(=O)C1CCN(c2ccc(C(C)C)cc2)C1=O.Cl. The lowest BCUT2D eigenvalue weighted by Crippen LogP contribution is -2.39. The molecule has 2 amide bonds. The molecule has 1 heterocycles. The van der Waals surface area contributed by atoms with Crippen molar-refractivity contribution in [3.63, 3.8) is 0 Å². The molecule has 2 N–H and O–H groups in total. The van der Waals surface area contributed by atoms with E-state index >= 15 is 0 Å². The van der Waals surface area contributed by atoms with Crippen LogP contribution in [0, 0.1) is 5.92 Å². The topological polar surface area (TPSA) is 70.7 Å². The lowest BCUT2D eigenvalue weighted by molar-refractivity contribution is -0.132. The Bertz CT molecular complexity index is 578. The number of halogens is 1. The zero-order valence-electron chi connectivity index (χ0n) is 15.8. The fourth-order valence-electron chi connectivity index (χ4n) is 2.92. The molecular formula is C19H30ClN3O3. The fraction of sp³-hybridized carbons (Fsp3) is 0.579. The van der Waals surface area contributed by atoms with Gasteiger partial charge in [-0.3, -0.25) is 9.59 Å². The minimum atomic E-state index is -0.580. The van der Waals surface area contributed by atoms with Crippen molar-refractivity contribution in [1.82, 2.24) is 10.6 Å². The van der Waals surface area contributed by atoms with Gasteiger partial charge in [-0.1, -0.05) is 26.0 Å². The van der Waals surface area contributed by atoms with Gasteiger partial charge in [0.25, 0.3) is 0 Å². The summed E-state index contributed by atoms with van der Waals surface area (Å²) in [6, 6.07) is 8.03. The monoisotopic (exact) mass is 383 g/mol. The lowest BCUT2D eigenvalue weighted by atomic mass is 10.0. The standard InChI is InChI=1S/C19H29N3O3.ClH/c1-14(2)15-4-6-16(7-5-15)22-12-8-17(19(22)24)18(23)21-10-9-20-11-13-25-3;/h4-7,14,17,20H,8-13H2,1-3H3,(H,21,23);1H. The number of carbonyl (C=O) groups excluding carboxylic acids is 2. The average Bonchev–Trinajstić information content (AvgIpc) is 2.99. The predicted molar refractivity (Wildman–Crippen MR) is 106 cm³/mol. The number of nitrogens with zero attached hydrogens (tertiary/aromatic N) is 1. The van der Waals surface area contributed by atoms with Crippen molar-refractivity contribution in [2.45, 2.75) is 26.2 Å². The maximum atomic E-state index is 12.6. The van der Waals surface area contributed by atoms with E-state index < -0.39 is 5.92 Å². The molecule has 1 atom stereocenters. The second-order valence-corrected chi connectivity index (χ2v) is 6.61. The Labute approximate surface area is 162 Å². The Morgan fingerprint density at radius 2 is 1.92 bits per heavy atom. The minimum Gasteiger partial charge on any atom is -0.383 e. The highest BCUT2D eigenvalue weighted by Crippen LogP contribution is 2.27. The van der Waals surface area contributed by atoms with Crippen molar-refractivity contribution in [2.24, 2.45) is 5.92 Å². The Hall–Kier alpha value is -1.63. The fourth-order valence-corrected chi connectivity index (χ4v) is 2.92. The molecule has 0 aromatic heterocycles. The molecule has 1 unspecified atom stereocenters. The first-order valence-corrected chi connectivity index (χ1v) is 8.93. The van der Waals surface area contributed by atoms with Crippen molar-refractivity contribution in [1.29, 1.82) is 0 Å². The van der Waals surface area contributed by atoms with Gasteiger partial charge >= 0.3 is 0 Å². The zero-order chi connectivity index (χ0) is 18.2. The van der Waals surface area contributed by atoms with Gasteiger partial charge in [0.05, 0.1) is 6.61 Å². The van der Waals surface area contributed by atoms with E-state index in [1.54, 1.807) is 12.0 Å². The molecule has 1 fully saturated rings. The first-order chi connectivity index (χ1) is 12.0. The predicted octanol–water partition coefficient (Wildman–Crippen LogP) is 1.94. The number of anilines is 1. The van der Waals surface area contributed by atoms with Crippen LogP contribution in [0.3, 0.4) is 0 Å². The van der Waals surface area contributed by atoms with Crippen molar-refractivity contribution in [2.75, 3.05) is 44.8 Å². The van der Waals surface area contributed by atoms with E-state index in [9.17, 15) is 9.59 Å². The van der Waals surface area contributed by atoms with Gasteiger partial charge < -0.3 is 20.3 Å². The summed E-state index contributed by atoms with van der Waals surface area (Å²) in [5.41, 5.74) is 2.11. The number of rotatable bonds is 9. The molecule has 26 heavy (non-hydrogen) atoms. The summed E-state index contributed by atoms with van der Waals surface area (Å²) in [6.45, 7) is 7.42. The number of methoxy groups -OCH3 is 1. The third-order valence-electron chi connectivity index (χ3n) is 4.48. The molecule has 0 aliphatic carbocycles. The van der Waals surface area contributed by atoms with Gasteiger partial charge in [-0.2, -0.15) is 0 Å². The summed E-state index contributed by atoms with van der Waals surface area (Å²) in [7, 11) is 1.65. The maximum Gasteiger partial charge on any atom is 0.239 e. The second kappa shape index (κ2) is 11.2. The molecule has 0 bridgehead atoms. The first kappa shape index (κ1) is 22.4. The smallest absolute Gasteiger partial charge is 0.239 e. The van der Waals surface area contributed by atoms with Crippen LogP contribution in [0.2, 0.25) is 0 Å². The number of amides is 2. The van der Waals surface area contributed by atoms with Crippen molar-refractivity contribution >= 4 is 29.9 Å². The van der Waals surface area contributed by atoms with Crippen LogP contribution >= 0.6 is 12.4 Å². The Kier molecular flexibility index (Phi) is 9.62. The molecule has 146 valence electrons. The highest BCUT2D eigenvalue weighted by molar-refractivity contribution is 6.09. The minimum absolute atomic E-state index is 0. The maximum absolute atomic E-state index is 12.6. The number of carbonyl (C=O) groups is 2. The molecule has 0 radical (unpaired) electrons. The molecule has 1 aliphatic heterocycles. The van der Waals surface area contributed by atoms with Crippen LogP contribution in [0.15, 0.2) is 24.3 Å². The molecule has 0 spiro atoms. The number of benzene rings is 1. The van der Waals surface area contributed by atoms with E-state index in [0.717, 1.165) is 12.2 Å². The van der Waals surface area contributed by atoms with Crippen LogP contribution in [0.1, 0.15) is 31.7 Å². The van der Waals surface area contributed by atoms with E-state index in [1.807, 2.05) is 24.3 Å². The van der Waals surface area contributed by atoms with Gasteiger partial charge in [0.1, 0.15) is 5.92 Å². The van der Waals surface area contributed by atoms with E-state index in [4.69, 9.17) is 4.74 Å². The molecule has 1 saturated heterocycles. The van der Waals surface area contributed by atoms with Gasteiger partial charge in [0.15, 0.2) is 0 Å². The van der Waals surface area contributed by atoms with Gasteiger partial charge in [0, 0.05) is 39.0 Å². The molecule has 1 aromatic carbocycles. The van der Waals surface area contributed by atoms with Crippen LogP contribution in [-0.4, -0.2) is 51.7 Å². The van der Waals surface area contributed by atoms with Crippen LogP contribution in [0.25, 0.3) is 0 Å². The van der Waals surface area contributed by atoms with Crippen LogP contribution in [0.5, 0.6) is 0 Å². The number of ether oxygens (including phenoxy) is 1. The van der Waals surface area contributed by atoms with E-state index in [0.29, 0.717) is 38.6 Å². The molecule has 2 rings (SSSR count). The van der Waals surface area contributed by atoms with E-state index in [-0.39, 0.29) is 24.2 Å². The van der Waals surface area contributed by atoms with Gasteiger partial charge in [-0.25, -0.2) is 0 Å². The molecule has 0 saturated carbocycles. The largest absolute Gasteiger partial charge is 0.383 e. The molecule has 1 aliphatic rings. The Balaban J connectivity index is 0.00000338. The van der Waals surface area contributed by atoms with Crippen molar-refractivity contribution in [3.05, 3.63) is 29.8 Å². The lowest BCUT2D eigenvalue weighted by Gasteiger charge is -2.18. The number of hydrogen-bond donors (Lipinski definition) is 2. The number of nitrogens with one attached hydrogen (secondary N) is 2. The number of hydrogen-bond acceptors (Lipinski definition) is 4. The summed E-state index contributed by atoms with van der Waals surface area (Å²) in [5.74, 6) is -0.412. The highest BCUT2D eigenvalue weighted by Gasteiger charge is 2.37. The van der Waals surface area contributed by atoms with Gasteiger partial charge in [-0.15, -0.1) is 12.4 Å². The Morgan fingerprint density at radius 1 is 1.23 bits per heavy atom. The summed E-state index contributed by atoms with van der Waals surface area (Å²) < 4.78 is 4.94. The van der Waals surface area contributed by atoms with E-state index in [1.165, 1.54) is 5.56 Å². The van der Waals surface area contributed by atoms with Gasteiger partial charge in [0.2, 0.25) is 11.8 Å². The zero-order valence-corrected chi connectivity index (χ0v) is 16.6. The van der Waals surface area contributed by atoms with Crippen LogP contribution in [-0.2, 0) is 14.3 Å². The quantitative estimate of drug-likeness (QED) is 0.505. The molecule has 6 nitrogen and oxygen atoms in total. The second-order valence-electron chi connectivity index (χ2n) is 6.61. The van der Waals surface area contributed by atoms with Crippen molar-refractivity contribution < 1.29 is 14.3 Å². The first-order valence-electron chi connectivity index (χ1n) is 8.93. The molecule has 7 heteroatoms. The molecular weight excluding hydrogens is 354 g/mol. The summed E-state index contributed by atoms with van der Waals surface area (Å²) in [5, 5.41) is 6.00. The van der Waals surface area contributed by atoms with Crippen LogP contribution < -0.4 is 15.5 Å².